The highest BCUT2D eigenvalue weighted by atomic mass is 19.1. The van der Waals surface area contributed by atoms with Gasteiger partial charge in [-0.3, -0.25) is 9.78 Å². The zero-order valence-corrected chi connectivity index (χ0v) is 19.5. The lowest BCUT2D eigenvalue weighted by molar-refractivity contribution is 0.102. The first-order valence-electron chi connectivity index (χ1n) is 11.3. The lowest BCUT2D eigenvalue weighted by atomic mass is 10.1. The van der Waals surface area contributed by atoms with Gasteiger partial charge in [-0.15, -0.1) is 0 Å². The topological polar surface area (TPSA) is 90.0 Å². The summed E-state index contributed by atoms with van der Waals surface area (Å²) in [5.74, 6) is 0.564. The summed E-state index contributed by atoms with van der Waals surface area (Å²) in [4.78, 5) is 26.5. The van der Waals surface area contributed by atoms with Gasteiger partial charge in [-0.2, -0.15) is 5.10 Å². The molecule has 176 valence electrons. The van der Waals surface area contributed by atoms with Gasteiger partial charge in [0.05, 0.1) is 28.7 Å². The summed E-state index contributed by atoms with van der Waals surface area (Å²) in [5, 5.41) is 8.47. The number of carbonyl (C=O) groups is 1. The molecule has 0 fully saturated rings. The Labute approximate surface area is 205 Å². The second-order valence-corrected chi connectivity index (χ2v) is 8.40. The second kappa shape index (κ2) is 8.38. The number of aryl methyl sites for hydroxylation is 1. The van der Waals surface area contributed by atoms with Crippen molar-refractivity contribution in [1.82, 2.24) is 29.1 Å². The van der Waals surface area contributed by atoms with Gasteiger partial charge in [-0.25, -0.2) is 18.9 Å². The molecule has 0 saturated carbocycles. The van der Waals surface area contributed by atoms with Gasteiger partial charge >= 0.3 is 0 Å². The Balaban J connectivity index is 1.36. The molecular formula is C27H20FN7O. The third kappa shape index (κ3) is 3.67. The summed E-state index contributed by atoms with van der Waals surface area (Å²) in [6.07, 6.45) is 3.33. The van der Waals surface area contributed by atoms with Crippen LogP contribution in [-0.2, 0) is 7.05 Å². The monoisotopic (exact) mass is 477 g/mol. The Morgan fingerprint density at radius 2 is 1.78 bits per heavy atom. The van der Waals surface area contributed by atoms with Crippen LogP contribution in [0.1, 0.15) is 16.2 Å². The molecule has 1 amide bonds. The van der Waals surface area contributed by atoms with Gasteiger partial charge in [-0.05, 0) is 55.5 Å². The van der Waals surface area contributed by atoms with E-state index in [1.807, 2.05) is 54.9 Å². The molecule has 0 radical (unpaired) electrons. The molecule has 6 aromatic rings. The zero-order chi connectivity index (χ0) is 24.8. The van der Waals surface area contributed by atoms with Crippen LogP contribution >= 0.6 is 0 Å². The summed E-state index contributed by atoms with van der Waals surface area (Å²) in [7, 11) is 1.91. The SMILES string of the molecule is Cc1nc(-c2ccc(F)cc2)c(-c2ccc3nc(NC(=O)c4cccc5cccnc45)cn3n2)n1C. The Morgan fingerprint density at radius 1 is 0.972 bits per heavy atom. The maximum Gasteiger partial charge on any atom is 0.259 e. The molecule has 8 nitrogen and oxygen atoms in total. The number of benzene rings is 2. The predicted octanol–water partition coefficient (Wildman–Crippen LogP) is 5.04. The molecule has 0 saturated heterocycles. The molecule has 9 heteroatoms. The Hall–Kier alpha value is -4.92. The smallest absolute Gasteiger partial charge is 0.259 e. The summed E-state index contributed by atoms with van der Waals surface area (Å²) < 4.78 is 17.0. The maximum absolute atomic E-state index is 13.5. The molecule has 0 aliphatic carbocycles. The Bertz CT molecular complexity index is 1760. The van der Waals surface area contributed by atoms with E-state index in [-0.39, 0.29) is 11.7 Å². The van der Waals surface area contributed by atoms with Gasteiger partial charge in [0, 0.05) is 24.2 Å². The molecule has 2 aromatic carbocycles. The molecule has 0 aliphatic heterocycles. The molecule has 0 aliphatic rings. The third-order valence-electron chi connectivity index (χ3n) is 6.12. The number of amides is 1. The number of para-hydroxylation sites is 1. The quantitative estimate of drug-likeness (QED) is 0.384. The van der Waals surface area contributed by atoms with E-state index < -0.39 is 0 Å². The minimum atomic E-state index is -0.306. The number of hydrogen-bond acceptors (Lipinski definition) is 5. The number of hydrogen-bond donors (Lipinski definition) is 1. The number of anilines is 1. The molecule has 36 heavy (non-hydrogen) atoms. The van der Waals surface area contributed by atoms with E-state index in [1.54, 1.807) is 35.1 Å². The molecule has 6 rings (SSSR count). The van der Waals surface area contributed by atoms with Crippen LogP contribution in [0.15, 0.2) is 79.1 Å². The number of pyridine rings is 1. The van der Waals surface area contributed by atoms with E-state index in [0.717, 1.165) is 22.5 Å². The van der Waals surface area contributed by atoms with Crippen LogP contribution in [0.2, 0.25) is 0 Å². The number of halogens is 1. The standard InChI is InChI=1S/C27H20FN7O/c1-16-30-25(18-8-10-19(28)11-9-18)26(34(16)2)21-12-13-23-31-22(15-35(23)33-21)32-27(36)20-7-3-5-17-6-4-14-29-24(17)20/h3-15H,1-2H3,(H,32,36). The average Bonchev–Trinajstić information content (AvgIpc) is 3.43. The van der Waals surface area contributed by atoms with Crippen molar-refractivity contribution < 1.29 is 9.18 Å². The van der Waals surface area contributed by atoms with Crippen LogP contribution in [-0.4, -0.2) is 35.0 Å². The van der Waals surface area contributed by atoms with E-state index in [0.29, 0.717) is 33.9 Å². The van der Waals surface area contributed by atoms with Gasteiger partial charge in [-0.1, -0.05) is 18.2 Å². The first-order chi connectivity index (χ1) is 17.5. The highest BCUT2D eigenvalue weighted by Crippen LogP contribution is 2.31. The number of nitrogens with zero attached hydrogens (tertiary/aromatic N) is 6. The van der Waals surface area contributed by atoms with E-state index in [2.05, 4.69) is 20.3 Å². The van der Waals surface area contributed by atoms with Gasteiger partial charge in [0.15, 0.2) is 11.5 Å². The molecule has 4 aromatic heterocycles. The van der Waals surface area contributed by atoms with E-state index in [4.69, 9.17) is 5.10 Å². The van der Waals surface area contributed by atoms with Crippen molar-refractivity contribution in [1.29, 1.82) is 0 Å². The van der Waals surface area contributed by atoms with Gasteiger partial charge in [0.1, 0.15) is 17.3 Å². The molecule has 4 heterocycles. The normalized spacial score (nSPS) is 11.3. The minimum absolute atomic E-state index is 0.302. The fraction of sp³-hybridized carbons (Fsp3) is 0.0741. The lowest BCUT2D eigenvalue weighted by Crippen LogP contribution is -2.13. The number of rotatable bonds is 4. The summed E-state index contributed by atoms with van der Waals surface area (Å²) in [6.45, 7) is 1.90. The molecule has 0 atom stereocenters. The Morgan fingerprint density at radius 3 is 2.61 bits per heavy atom. The molecule has 0 bridgehead atoms. The highest BCUT2D eigenvalue weighted by Gasteiger charge is 2.19. The van der Waals surface area contributed by atoms with Crippen molar-refractivity contribution in [3.8, 4) is 22.6 Å². The van der Waals surface area contributed by atoms with Crippen LogP contribution in [0.3, 0.4) is 0 Å². The van der Waals surface area contributed by atoms with Gasteiger partial charge in [0.25, 0.3) is 5.91 Å². The fourth-order valence-electron chi connectivity index (χ4n) is 4.25. The van der Waals surface area contributed by atoms with Crippen molar-refractivity contribution in [2.24, 2.45) is 7.05 Å². The van der Waals surface area contributed by atoms with Crippen molar-refractivity contribution in [3.05, 3.63) is 96.3 Å². The summed E-state index contributed by atoms with van der Waals surface area (Å²) >= 11 is 0. The Kier molecular flexibility index (Phi) is 5.03. The predicted molar refractivity (Wildman–Crippen MR) is 135 cm³/mol. The summed E-state index contributed by atoms with van der Waals surface area (Å²) in [6, 6.07) is 19.1. The van der Waals surface area contributed by atoms with Crippen molar-refractivity contribution in [2.75, 3.05) is 5.32 Å². The van der Waals surface area contributed by atoms with Crippen LogP contribution in [0.5, 0.6) is 0 Å². The number of fused-ring (bicyclic) bond motifs is 2. The molecular weight excluding hydrogens is 457 g/mol. The molecule has 0 unspecified atom stereocenters. The van der Waals surface area contributed by atoms with Crippen LogP contribution in [0.25, 0.3) is 39.2 Å². The van der Waals surface area contributed by atoms with Crippen molar-refractivity contribution >= 4 is 28.3 Å². The maximum atomic E-state index is 13.5. The van der Waals surface area contributed by atoms with Crippen molar-refractivity contribution in [2.45, 2.75) is 6.92 Å². The van der Waals surface area contributed by atoms with E-state index >= 15 is 0 Å². The average molecular weight is 478 g/mol. The minimum Gasteiger partial charge on any atom is -0.330 e. The van der Waals surface area contributed by atoms with Gasteiger partial charge < -0.3 is 9.88 Å². The first kappa shape index (κ1) is 21.6. The zero-order valence-electron chi connectivity index (χ0n) is 19.5. The number of aromatic nitrogens is 6. The van der Waals surface area contributed by atoms with Crippen LogP contribution in [0, 0.1) is 12.7 Å². The largest absolute Gasteiger partial charge is 0.330 e. The van der Waals surface area contributed by atoms with Crippen LogP contribution < -0.4 is 5.32 Å². The highest BCUT2D eigenvalue weighted by molar-refractivity contribution is 6.11. The number of carbonyl (C=O) groups excluding carboxylic acids is 1. The van der Waals surface area contributed by atoms with Crippen LogP contribution in [0.4, 0.5) is 10.2 Å². The lowest BCUT2D eigenvalue weighted by Gasteiger charge is -2.07. The molecule has 0 spiro atoms. The van der Waals surface area contributed by atoms with E-state index in [9.17, 15) is 9.18 Å². The molecule has 1 N–H and O–H groups in total. The van der Waals surface area contributed by atoms with Crippen molar-refractivity contribution in [3.63, 3.8) is 0 Å². The fourth-order valence-corrected chi connectivity index (χ4v) is 4.25. The third-order valence-corrected chi connectivity index (χ3v) is 6.12. The number of imidazole rings is 2. The summed E-state index contributed by atoms with van der Waals surface area (Å²) in [5.41, 5.74) is 4.63. The second-order valence-electron chi connectivity index (χ2n) is 8.40. The first-order valence-corrected chi connectivity index (χ1v) is 11.3. The van der Waals surface area contributed by atoms with E-state index in [1.165, 1.54) is 12.1 Å². The number of nitrogens with one attached hydrogen (secondary N) is 1. The van der Waals surface area contributed by atoms with Gasteiger partial charge in [0.2, 0.25) is 0 Å².